The first kappa shape index (κ1) is 19.4. The summed E-state index contributed by atoms with van der Waals surface area (Å²) in [5.74, 6) is 0.0782. The maximum Gasteiger partial charge on any atom is 0.309 e. The molecule has 0 amide bonds. The van der Waals surface area contributed by atoms with Gasteiger partial charge in [-0.1, -0.05) is 32.9 Å². The lowest BCUT2D eigenvalue weighted by Gasteiger charge is -2.36. The van der Waals surface area contributed by atoms with Crippen molar-refractivity contribution in [1.82, 2.24) is 4.98 Å². The zero-order valence-corrected chi connectivity index (χ0v) is 16.8. The van der Waals surface area contributed by atoms with E-state index in [-0.39, 0.29) is 11.5 Å². The van der Waals surface area contributed by atoms with Gasteiger partial charge in [0.2, 0.25) is 5.89 Å². The molecule has 0 bridgehead atoms. The van der Waals surface area contributed by atoms with E-state index < -0.39 is 14.3 Å². The number of benzene rings is 1. The number of hydrogen-bond acceptors (Lipinski definition) is 4. The van der Waals surface area contributed by atoms with E-state index in [2.05, 4.69) is 38.8 Å². The lowest BCUT2D eigenvalue weighted by atomic mass is 10.1. The summed E-state index contributed by atoms with van der Waals surface area (Å²) in [5, 5.41) is 9.08. The third-order valence-electron chi connectivity index (χ3n) is 4.82. The summed E-state index contributed by atoms with van der Waals surface area (Å²) >= 11 is 0. The maximum atomic E-state index is 10.8. The second kappa shape index (κ2) is 7.13. The van der Waals surface area contributed by atoms with Crippen molar-refractivity contribution < 1.29 is 18.7 Å². The number of carboxylic acids is 1. The standard InChI is InChI=1S/C19H27NO4Si/c1-13-16(11-17(21)22)20-18(24-13)15-9-7-14(8-10-15)12-23-25(5,6)19(2,3)4/h7-10H,11-12H2,1-6H3,(H,21,22). The molecule has 6 heteroatoms. The van der Waals surface area contributed by atoms with E-state index in [1.54, 1.807) is 6.92 Å². The monoisotopic (exact) mass is 361 g/mol. The summed E-state index contributed by atoms with van der Waals surface area (Å²) in [6.07, 6.45) is -0.131. The number of hydrogen-bond donors (Lipinski definition) is 1. The molecule has 0 unspecified atom stereocenters. The van der Waals surface area contributed by atoms with Gasteiger partial charge in [-0.25, -0.2) is 4.98 Å². The Balaban J connectivity index is 2.09. The number of aliphatic carboxylic acids is 1. The van der Waals surface area contributed by atoms with Crippen LogP contribution in [0.5, 0.6) is 0 Å². The van der Waals surface area contributed by atoms with E-state index in [0.29, 0.717) is 24.0 Å². The zero-order valence-electron chi connectivity index (χ0n) is 15.8. The van der Waals surface area contributed by atoms with Gasteiger partial charge in [0.05, 0.1) is 18.7 Å². The summed E-state index contributed by atoms with van der Waals surface area (Å²) in [7, 11) is -1.77. The van der Waals surface area contributed by atoms with Crippen molar-refractivity contribution in [3.05, 3.63) is 41.3 Å². The smallest absolute Gasteiger partial charge is 0.309 e. The highest BCUT2D eigenvalue weighted by molar-refractivity contribution is 6.74. The molecule has 0 atom stereocenters. The molecule has 0 saturated heterocycles. The van der Waals surface area contributed by atoms with E-state index in [1.807, 2.05) is 24.3 Å². The fraction of sp³-hybridized carbons (Fsp3) is 0.474. The summed E-state index contributed by atoms with van der Waals surface area (Å²) in [6, 6.07) is 7.86. The minimum absolute atomic E-state index is 0.131. The Bertz CT molecular complexity index is 742. The Morgan fingerprint density at radius 1 is 1.24 bits per heavy atom. The van der Waals surface area contributed by atoms with E-state index in [4.69, 9.17) is 13.9 Å². The molecule has 0 aliphatic heterocycles. The first-order valence-electron chi connectivity index (χ1n) is 8.41. The molecule has 0 aliphatic rings. The van der Waals surface area contributed by atoms with E-state index in [1.165, 1.54) is 0 Å². The van der Waals surface area contributed by atoms with Crippen molar-refractivity contribution in [3.63, 3.8) is 0 Å². The zero-order chi connectivity index (χ0) is 18.8. The number of aryl methyl sites for hydroxylation is 1. The van der Waals surface area contributed by atoms with E-state index in [9.17, 15) is 4.79 Å². The van der Waals surface area contributed by atoms with Gasteiger partial charge in [-0.3, -0.25) is 4.79 Å². The Morgan fingerprint density at radius 3 is 2.36 bits per heavy atom. The molecule has 1 aromatic carbocycles. The van der Waals surface area contributed by atoms with Crippen LogP contribution in [-0.4, -0.2) is 24.4 Å². The molecule has 0 radical (unpaired) electrons. The number of nitrogens with zero attached hydrogens (tertiary/aromatic N) is 1. The summed E-state index contributed by atoms with van der Waals surface area (Å²) in [6.45, 7) is 13.5. The maximum absolute atomic E-state index is 10.8. The van der Waals surface area contributed by atoms with Crippen molar-refractivity contribution in [3.8, 4) is 11.5 Å². The lowest BCUT2D eigenvalue weighted by Crippen LogP contribution is -2.40. The van der Waals surface area contributed by atoms with Crippen LogP contribution in [0.4, 0.5) is 0 Å². The number of rotatable bonds is 6. The average Bonchev–Trinajstić information content (AvgIpc) is 2.85. The fourth-order valence-electron chi connectivity index (χ4n) is 2.08. The van der Waals surface area contributed by atoms with Crippen LogP contribution in [0, 0.1) is 6.92 Å². The Labute approximate surface area is 150 Å². The second-order valence-corrected chi connectivity index (χ2v) is 12.6. The summed E-state index contributed by atoms with van der Waals surface area (Å²) in [4.78, 5) is 15.1. The molecule has 1 heterocycles. The Morgan fingerprint density at radius 2 is 1.84 bits per heavy atom. The predicted octanol–water partition coefficient (Wildman–Crippen LogP) is 4.80. The van der Waals surface area contributed by atoms with Gasteiger partial charge in [0, 0.05) is 5.56 Å². The molecule has 2 rings (SSSR count). The molecular formula is C19H27NO4Si. The molecule has 1 N–H and O–H groups in total. The summed E-state index contributed by atoms with van der Waals surface area (Å²) in [5.41, 5.74) is 2.39. The third kappa shape index (κ3) is 4.80. The molecule has 136 valence electrons. The first-order valence-corrected chi connectivity index (χ1v) is 11.3. The molecule has 0 spiro atoms. The molecule has 0 aliphatic carbocycles. The Hall–Kier alpha value is -1.92. The van der Waals surface area contributed by atoms with Crippen LogP contribution in [0.1, 0.15) is 37.8 Å². The average molecular weight is 362 g/mol. The fourth-order valence-corrected chi connectivity index (χ4v) is 3.04. The molecule has 2 aromatic rings. The highest BCUT2D eigenvalue weighted by atomic mass is 28.4. The molecule has 0 fully saturated rings. The van der Waals surface area contributed by atoms with Gasteiger partial charge >= 0.3 is 5.97 Å². The minimum Gasteiger partial charge on any atom is -0.481 e. The topological polar surface area (TPSA) is 72.6 Å². The molecule has 25 heavy (non-hydrogen) atoms. The predicted molar refractivity (Wildman–Crippen MR) is 100 cm³/mol. The Kier molecular flexibility index (Phi) is 5.54. The molecule has 0 saturated carbocycles. The van der Waals surface area contributed by atoms with E-state index in [0.717, 1.165) is 11.1 Å². The van der Waals surface area contributed by atoms with Crippen LogP contribution in [0.3, 0.4) is 0 Å². The number of oxazole rings is 1. The molecule has 5 nitrogen and oxygen atoms in total. The van der Waals surface area contributed by atoms with Crippen LogP contribution < -0.4 is 0 Å². The van der Waals surface area contributed by atoms with Crippen LogP contribution in [0.15, 0.2) is 28.7 Å². The van der Waals surface area contributed by atoms with Crippen LogP contribution in [-0.2, 0) is 22.2 Å². The number of carbonyl (C=O) groups is 1. The van der Waals surface area contributed by atoms with Crippen LogP contribution >= 0.6 is 0 Å². The highest BCUT2D eigenvalue weighted by Gasteiger charge is 2.36. The normalized spacial score (nSPS) is 12.4. The van der Waals surface area contributed by atoms with E-state index >= 15 is 0 Å². The van der Waals surface area contributed by atoms with Gasteiger partial charge in [0.25, 0.3) is 0 Å². The van der Waals surface area contributed by atoms with Crippen molar-refractivity contribution in [2.75, 3.05) is 0 Å². The van der Waals surface area contributed by atoms with Crippen molar-refractivity contribution in [1.29, 1.82) is 0 Å². The SMILES string of the molecule is Cc1oc(-c2ccc(CO[Si](C)(C)C(C)(C)C)cc2)nc1CC(=O)O. The lowest BCUT2D eigenvalue weighted by molar-refractivity contribution is -0.136. The number of carboxylic acid groups (broad SMARTS) is 1. The van der Waals surface area contributed by atoms with Gasteiger partial charge in [-0.05, 0) is 42.8 Å². The summed E-state index contributed by atoms with van der Waals surface area (Å²) < 4.78 is 11.8. The second-order valence-electron chi connectivity index (χ2n) is 7.84. The molecule has 1 aromatic heterocycles. The minimum atomic E-state index is -1.77. The largest absolute Gasteiger partial charge is 0.481 e. The van der Waals surface area contributed by atoms with Gasteiger partial charge in [-0.15, -0.1) is 0 Å². The van der Waals surface area contributed by atoms with Crippen LogP contribution in [0.25, 0.3) is 11.5 Å². The van der Waals surface area contributed by atoms with Gasteiger partial charge in [0.1, 0.15) is 5.76 Å². The quantitative estimate of drug-likeness (QED) is 0.748. The van der Waals surface area contributed by atoms with Gasteiger partial charge < -0.3 is 13.9 Å². The van der Waals surface area contributed by atoms with Gasteiger partial charge in [-0.2, -0.15) is 0 Å². The van der Waals surface area contributed by atoms with Crippen molar-refractivity contribution in [2.24, 2.45) is 0 Å². The molecular weight excluding hydrogens is 334 g/mol. The highest BCUT2D eigenvalue weighted by Crippen LogP contribution is 2.37. The third-order valence-corrected chi connectivity index (χ3v) is 9.30. The van der Waals surface area contributed by atoms with Gasteiger partial charge in [0.15, 0.2) is 8.32 Å². The van der Waals surface area contributed by atoms with Crippen molar-refractivity contribution in [2.45, 2.75) is 58.9 Å². The van der Waals surface area contributed by atoms with Crippen LogP contribution in [0.2, 0.25) is 18.1 Å². The first-order chi connectivity index (χ1) is 11.5. The number of aromatic nitrogens is 1. The van der Waals surface area contributed by atoms with Crippen molar-refractivity contribution >= 4 is 14.3 Å².